The highest BCUT2D eigenvalue weighted by Crippen LogP contribution is 2.47. The molecular weight excluding hydrogens is 971 g/mol. The van der Waals surface area contributed by atoms with Crippen molar-refractivity contribution in [2.45, 2.75) is 135 Å². The molecule has 408 valence electrons. The highest BCUT2D eigenvalue weighted by molar-refractivity contribution is 7.94. The molecule has 1 saturated carbocycles. The predicted molar refractivity (Wildman–Crippen MR) is 273 cm³/mol. The van der Waals surface area contributed by atoms with Gasteiger partial charge in [0.2, 0.25) is 23.6 Å². The van der Waals surface area contributed by atoms with Gasteiger partial charge in [0.25, 0.3) is 0 Å². The van der Waals surface area contributed by atoms with Crippen LogP contribution in [-0.2, 0) is 69.0 Å². The molecule has 19 nitrogen and oxygen atoms in total. The first-order valence-corrected chi connectivity index (χ1v) is 29.0. The second-order valence-electron chi connectivity index (χ2n) is 20.2. The highest BCUT2D eigenvalue weighted by Gasteiger charge is 2.54. The summed E-state index contributed by atoms with van der Waals surface area (Å²) in [7, 11) is -2.31. The fourth-order valence-corrected chi connectivity index (χ4v) is 12.5. The molecule has 12 atom stereocenters. The smallest absolute Gasteiger partial charge is 0.326 e. The van der Waals surface area contributed by atoms with Gasteiger partial charge in [-0.1, -0.05) is 84.9 Å². The molecule has 72 heavy (non-hydrogen) atoms. The van der Waals surface area contributed by atoms with Gasteiger partial charge in [-0.05, 0) is 54.9 Å². The van der Waals surface area contributed by atoms with Gasteiger partial charge in [-0.3, -0.25) is 24.1 Å². The first kappa shape index (κ1) is 60.6. The lowest BCUT2D eigenvalue weighted by molar-refractivity contribution is -0.148. The van der Waals surface area contributed by atoms with Gasteiger partial charge in [-0.25, -0.2) is 21.6 Å². The summed E-state index contributed by atoms with van der Waals surface area (Å²) in [5, 5.41) is 16.6. The molecule has 0 radical (unpaired) electrons. The normalized spacial score (nSPS) is 23.2. The van der Waals surface area contributed by atoms with E-state index in [2.05, 4.69) is 24.1 Å². The van der Waals surface area contributed by atoms with Crippen LogP contribution >= 0.6 is 0 Å². The zero-order valence-corrected chi connectivity index (χ0v) is 45.5. The van der Waals surface area contributed by atoms with E-state index in [4.69, 9.17) is 18.9 Å². The van der Waals surface area contributed by atoms with Crippen molar-refractivity contribution in [3.63, 3.8) is 0 Å². The lowest BCUT2D eigenvalue weighted by Crippen LogP contribution is -2.60. The molecule has 4 amide bonds. The number of rotatable bonds is 32. The van der Waals surface area contributed by atoms with Crippen LogP contribution in [-0.4, -0.2) is 193 Å². The number of carbonyl (C=O) groups excluding carboxylic acids is 4. The number of likely N-dealkylation sites (tertiary alicyclic amines) is 2. The van der Waals surface area contributed by atoms with Crippen LogP contribution in [0.1, 0.15) is 85.6 Å². The van der Waals surface area contributed by atoms with Crippen molar-refractivity contribution in [2.75, 3.05) is 78.0 Å². The van der Waals surface area contributed by atoms with Crippen molar-refractivity contribution in [3.05, 3.63) is 47.9 Å². The molecule has 2 bridgehead atoms. The van der Waals surface area contributed by atoms with Gasteiger partial charge < -0.3 is 44.5 Å². The van der Waals surface area contributed by atoms with Gasteiger partial charge >= 0.3 is 5.97 Å². The van der Waals surface area contributed by atoms with E-state index in [0.717, 1.165) is 23.8 Å². The second-order valence-corrected chi connectivity index (χ2v) is 24.5. The van der Waals surface area contributed by atoms with Crippen LogP contribution in [0.15, 0.2) is 42.3 Å². The number of nitrogens with zero attached hydrogens (tertiary/aromatic N) is 3. The highest BCUT2D eigenvalue weighted by atomic mass is 32.2. The molecule has 21 heteroatoms. The third-order valence-electron chi connectivity index (χ3n) is 15.3. The Balaban J connectivity index is 1.41. The number of hydrogen-bond donors (Lipinski definition) is 3. The monoisotopic (exact) mass is 1050 g/mol. The summed E-state index contributed by atoms with van der Waals surface area (Å²) in [6.07, 6.45) is 2.02. The SMILES string of the molecule is C=CS(=O)(=O)CCOCCOCCS(=O)(=O)CCN1[C@H](C(=O)N[C@H](C(=O)N(C)[C@@H]([C@@H](C)CC)[C@@H](CC(=O)N2CCC[C@H]2[C@H](OC)[C@@H](C)C(=O)N[C@@H](Cc2ccccc2)C(=O)O)OC)C(C)C)[C@H]2CC[C@H]1[C@H]2C. The Bertz CT molecular complexity index is 2180. The number of fused-ring (bicyclic) bond motifs is 2. The number of likely N-dealkylation sites (N-methyl/N-ethyl adjacent to an activating group) is 1. The van der Waals surface area contributed by atoms with E-state index < -0.39 is 79.9 Å². The van der Waals surface area contributed by atoms with Crippen LogP contribution in [0.5, 0.6) is 0 Å². The number of carboxylic acid groups (broad SMARTS) is 1. The maximum atomic E-state index is 14.7. The Kier molecular flexibility index (Phi) is 23.6. The molecule has 3 aliphatic rings. The maximum absolute atomic E-state index is 14.7. The van der Waals surface area contributed by atoms with E-state index in [1.807, 2.05) is 38.7 Å². The summed E-state index contributed by atoms with van der Waals surface area (Å²) in [5.41, 5.74) is 0.759. The summed E-state index contributed by atoms with van der Waals surface area (Å²) < 4.78 is 72.1. The van der Waals surface area contributed by atoms with E-state index >= 15 is 0 Å². The standard InChI is InChI=1S/C51H83N5O14S2/c1-11-34(5)45(42(67-9)32-43(57)55-22-16-19-41(55)47(68-10)36(7)48(58)52-39(51(61)62)31-37-17-14-13-15-18-37)54(8)50(60)44(33(3)4)53-49(59)46-38-20-21-40(35(38)6)56(46)23-28-72(65,66)30-27-70-25-24-69-26-29-71(63,64)12-2/h12-15,17-18,33-36,38-42,44-47H,2,11,16,19-32H2,1,3-10H3,(H,52,58)(H,53,59)(H,61,62)/t34-,35-,36+,38-,39-,40-,41-,42+,44-,45-,46-,47+/m0/s1. The number of benzene rings is 1. The van der Waals surface area contributed by atoms with Crippen LogP contribution in [0.4, 0.5) is 0 Å². The molecule has 3 fully saturated rings. The third-order valence-corrected chi connectivity index (χ3v) is 18.1. The van der Waals surface area contributed by atoms with E-state index in [1.54, 1.807) is 48.0 Å². The predicted octanol–water partition coefficient (Wildman–Crippen LogP) is 2.96. The number of sulfone groups is 2. The molecule has 1 aliphatic carbocycles. The number of piperidine rings is 1. The average molecular weight is 1050 g/mol. The minimum Gasteiger partial charge on any atom is -0.480 e. The zero-order chi connectivity index (χ0) is 53.5. The summed E-state index contributed by atoms with van der Waals surface area (Å²) in [6, 6.07) is 5.22. The van der Waals surface area contributed by atoms with Gasteiger partial charge in [0, 0.05) is 52.2 Å². The summed E-state index contributed by atoms with van der Waals surface area (Å²) in [5.74, 6) is -4.37. The summed E-state index contributed by atoms with van der Waals surface area (Å²) >= 11 is 0. The Morgan fingerprint density at radius 3 is 2.14 bits per heavy atom. The number of methoxy groups -OCH3 is 2. The number of nitrogens with one attached hydrogen (secondary N) is 2. The van der Waals surface area contributed by atoms with Crippen molar-refractivity contribution in [2.24, 2.45) is 29.6 Å². The first-order valence-electron chi connectivity index (χ1n) is 25.5. The van der Waals surface area contributed by atoms with Crippen LogP contribution < -0.4 is 10.6 Å². The van der Waals surface area contributed by atoms with E-state index in [1.165, 1.54) is 14.2 Å². The van der Waals surface area contributed by atoms with Gasteiger partial charge in [-0.15, -0.1) is 0 Å². The molecule has 2 aliphatic heterocycles. The number of amides is 4. The molecule has 3 N–H and O–H groups in total. The molecule has 0 unspecified atom stereocenters. The van der Waals surface area contributed by atoms with Crippen molar-refractivity contribution < 1.29 is 64.9 Å². The van der Waals surface area contributed by atoms with Gasteiger partial charge in [0.1, 0.15) is 12.1 Å². The van der Waals surface area contributed by atoms with E-state index in [-0.39, 0.29) is 111 Å². The fourth-order valence-electron chi connectivity index (χ4n) is 10.9. The lowest BCUT2D eigenvalue weighted by Gasteiger charge is -2.41. The number of carboxylic acids is 1. The molecule has 2 heterocycles. The van der Waals surface area contributed by atoms with Crippen LogP contribution in [0.25, 0.3) is 0 Å². The first-order chi connectivity index (χ1) is 34.0. The lowest BCUT2D eigenvalue weighted by atomic mass is 9.89. The molecular formula is C51H83N5O14S2. The van der Waals surface area contributed by atoms with Crippen LogP contribution in [0.3, 0.4) is 0 Å². The Labute approximate surface area is 428 Å². The van der Waals surface area contributed by atoms with Crippen LogP contribution in [0, 0.1) is 29.6 Å². The Morgan fingerprint density at radius 2 is 1.56 bits per heavy atom. The molecule has 1 aromatic rings. The van der Waals surface area contributed by atoms with Gasteiger partial charge in [0.05, 0.1) is 86.4 Å². The second kappa shape index (κ2) is 28.1. The Morgan fingerprint density at radius 1 is 0.903 bits per heavy atom. The quantitative estimate of drug-likeness (QED) is 0.0879. The average Bonchev–Trinajstić information content (AvgIpc) is 4.05. The van der Waals surface area contributed by atoms with E-state index in [9.17, 15) is 45.9 Å². The van der Waals surface area contributed by atoms with Crippen molar-refractivity contribution in [3.8, 4) is 0 Å². The van der Waals surface area contributed by atoms with Gasteiger partial charge in [0.15, 0.2) is 19.7 Å². The minimum absolute atomic E-state index is 0.00821. The largest absolute Gasteiger partial charge is 0.480 e. The molecule has 2 saturated heterocycles. The van der Waals surface area contributed by atoms with Crippen molar-refractivity contribution in [1.29, 1.82) is 0 Å². The van der Waals surface area contributed by atoms with Crippen molar-refractivity contribution in [1.82, 2.24) is 25.3 Å². The van der Waals surface area contributed by atoms with Crippen molar-refractivity contribution >= 4 is 49.3 Å². The zero-order valence-electron chi connectivity index (χ0n) is 43.9. The molecule has 4 rings (SSSR count). The summed E-state index contributed by atoms with van der Waals surface area (Å²) in [4.78, 5) is 74.7. The van der Waals surface area contributed by atoms with Gasteiger partial charge in [-0.2, -0.15) is 0 Å². The number of carbonyl (C=O) groups is 5. The number of aliphatic carboxylic acids is 1. The topological polar surface area (TPSA) is 245 Å². The maximum Gasteiger partial charge on any atom is 0.326 e. The summed E-state index contributed by atoms with van der Waals surface area (Å²) in [6.45, 7) is 15.4. The van der Waals surface area contributed by atoms with E-state index in [0.29, 0.717) is 25.8 Å². The molecule has 0 aromatic heterocycles. The minimum atomic E-state index is -3.58. The number of hydrogen-bond acceptors (Lipinski definition) is 14. The Hall–Kier alpha value is -3.99. The number of ether oxygens (including phenoxy) is 4. The van der Waals surface area contributed by atoms with Crippen LogP contribution in [0.2, 0.25) is 0 Å². The molecule has 1 aromatic carbocycles. The fraction of sp³-hybridized carbons (Fsp3) is 0.745. The third kappa shape index (κ3) is 16.3. The molecule has 0 spiro atoms.